The molecule has 0 bridgehead atoms. The number of ether oxygens (including phenoxy) is 1. The molecule has 0 aliphatic rings. The molecule has 2 heterocycles. The number of nitrogens with one attached hydrogen (secondary N) is 1. The molecule has 4 N–H and O–H groups in total. The maximum atomic E-state index is 12.6. The first-order valence-corrected chi connectivity index (χ1v) is 8.42. The Balaban J connectivity index is 2.11. The number of aliphatic hydroxyl groups is 1. The Morgan fingerprint density at radius 3 is 2.93 bits per heavy atom. The van der Waals surface area contributed by atoms with Crippen LogP contribution in [0, 0.1) is 6.92 Å². The Kier molecular flexibility index (Phi) is 5.70. The minimum atomic E-state index is -0.374. The number of nitrogen functional groups attached to an aromatic ring is 1. The van der Waals surface area contributed by atoms with Crippen LogP contribution in [0.2, 0.25) is 0 Å². The summed E-state index contributed by atoms with van der Waals surface area (Å²) in [6, 6.07) is 6.92. The fourth-order valence-corrected chi connectivity index (χ4v) is 2.77. The molecule has 28 heavy (non-hydrogen) atoms. The van der Waals surface area contributed by atoms with Crippen LogP contribution in [-0.2, 0) is 4.84 Å². The van der Waals surface area contributed by atoms with Crippen LogP contribution in [-0.4, -0.2) is 52.1 Å². The lowest BCUT2D eigenvalue weighted by molar-refractivity contribution is 0.215. The monoisotopic (exact) mass is 384 g/mol. The largest absolute Gasteiger partial charge is 0.436 e. The topological polar surface area (TPSA) is 137 Å². The summed E-state index contributed by atoms with van der Waals surface area (Å²) in [6.07, 6.45) is 2.63. The summed E-state index contributed by atoms with van der Waals surface area (Å²) in [5, 5.41) is 16.0. The van der Waals surface area contributed by atoms with Gasteiger partial charge in [0.05, 0.1) is 24.0 Å². The molecular formula is C18H20N6O4. The number of hydrogen-bond acceptors (Lipinski definition) is 8. The highest BCUT2D eigenvalue weighted by Gasteiger charge is 2.21. The van der Waals surface area contributed by atoms with Crippen molar-refractivity contribution in [1.29, 1.82) is 0 Å². The number of amides is 1. The van der Waals surface area contributed by atoms with Crippen LogP contribution in [0.3, 0.4) is 0 Å². The van der Waals surface area contributed by atoms with Crippen molar-refractivity contribution in [1.82, 2.24) is 19.9 Å². The molecule has 0 unspecified atom stereocenters. The van der Waals surface area contributed by atoms with Crippen LogP contribution in [0.25, 0.3) is 10.9 Å². The van der Waals surface area contributed by atoms with E-state index in [9.17, 15) is 4.79 Å². The average molecular weight is 384 g/mol. The first-order valence-electron chi connectivity index (χ1n) is 8.42. The summed E-state index contributed by atoms with van der Waals surface area (Å²) in [5.74, 6) is 0.794. The SMILES string of the molecule is CON=Cc1c(N)ncnc1Oc1c(C)n(C(=O)NCCO)c2ccccc12. The Morgan fingerprint density at radius 1 is 1.39 bits per heavy atom. The van der Waals surface area contributed by atoms with Gasteiger partial charge >= 0.3 is 6.03 Å². The number of aromatic nitrogens is 3. The van der Waals surface area contributed by atoms with E-state index < -0.39 is 0 Å². The van der Waals surface area contributed by atoms with Crippen LogP contribution in [0.4, 0.5) is 10.6 Å². The molecule has 146 valence electrons. The number of hydrogen-bond donors (Lipinski definition) is 3. The summed E-state index contributed by atoms with van der Waals surface area (Å²) in [5.41, 5.74) is 7.47. The zero-order valence-corrected chi connectivity index (χ0v) is 15.4. The number of oxime groups is 1. The molecule has 10 heteroatoms. The van der Waals surface area contributed by atoms with Crippen molar-refractivity contribution >= 4 is 29.0 Å². The van der Waals surface area contributed by atoms with Crippen LogP contribution in [0.1, 0.15) is 11.3 Å². The number of fused-ring (bicyclic) bond motifs is 1. The summed E-state index contributed by atoms with van der Waals surface area (Å²) in [6.45, 7) is 1.73. The molecular weight excluding hydrogens is 364 g/mol. The molecule has 3 rings (SSSR count). The molecule has 2 aromatic heterocycles. The summed E-state index contributed by atoms with van der Waals surface area (Å²) in [4.78, 5) is 25.3. The molecule has 3 aromatic rings. The van der Waals surface area contributed by atoms with E-state index in [-0.39, 0.29) is 30.9 Å². The van der Waals surface area contributed by atoms with Crippen molar-refractivity contribution in [3.8, 4) is 11.6 Å². The normalized spacial score (nSPS) is 11.1. The third-order valence-corrected chi connectivity index (χ3v) is 4.01. The van der Waals surface area contributed by atoms with Gasteiger partial charge in [0, 0.05) is 11.9 Å². The Labute approximate surface area is 160 Å². The first kappa shape index (κ1) is 19.1. The predicted octanol–water partition coefficient (Wildman–Crippen LogP) is 1.64. The van der Waals surface area contributed by atoms with E-state index in [1.54, 1.807) is 13.0 Å². The van der Waals surface area contributed by atoms with E-state index in [0.717, 1.165) is 0 Å². The lowest BCUT2D eigenvalue weighted by atomic mass is 10.2. The summed E-state index contributed by atoms with van der Waals surface area (Å²) >= 11 is 0. The molecule has 0 radical (unpaired) electrons. The number of aliphatic hydroxyl groups excluding tert-OH is 1. The van der Waals surface area contributed by atoms with Gasteiger partial charge in [0.1, 0.15) is 24.8 Å². The maximum Gasteiger partial charge on any atom is 0.326 e. The van der Waals surface area contributed by atoms with Gasteiger partial charge in [0.25, 0.3) is 0 Å². The number of para-hydroxylation sites is 1. The van der Waals surface area contributed by atoms with Crippen molar-refractivity contribution in [2.45, 2.75) is 6.92 Å². The predicted molar refractivity (Wildman–Crippen MR) is 104 cm³/mol. The number of rotatable bonds is 6. The number of nitrogens with two attached hydrogens (primary N) is 1. The lowest BCUT2D eigenvalue weighted by Gasteiger charge is -2.10. The number of carbonyl (C=O) groups excluding carboxylic acids is 1. The molecule has 0 fully saturated rings. The molecule has 0 spiro atoms. The van der Waals surface area contributed by atoms with Gasteiger partial charge in [0.15, 0.2) is 5.75 Å². The molecule has 1 aromatic carbocycles. The fraction of sp³-hybridized carbons (Fsp3) is 0.222. The third kappa shape index (κ3) is 3.58. The molecule has 0 saturated heterocycles. The standard InChI is InChI=1S/C18H20N6O4/c1-11-15(28-17-13(9-23-27-2)16(19)21-10-22-17)12-5-3-4-6-14(12)24(11)18(26)20-7-8-25/h3-6,9-10,25H,7-8H2,1-2H3,(H,20,26)(H2,19,21,22). The van der Waals surface area contributed by atoms with Crippen molar-refractivity contribution in [3.05, 3.63) is 41.9 Å². The van der Waals surface area contributed by atoms with E-state index in [4.69, 9.17) is 20.4 Å². The minimum absolute atomic E-state index is 0.140. The Bertz CT molecular complexity index is 1030. The summed E-state index contributed by atoms with van der Waals surface area (Å²) < 4.78 is 7.52. The highest BCUT2D eigenvalue weighted by molar-refractivity contribution is 5.97. The van der Waals surface area contributed by atoms with E-state index in [2.05, 4.69) is 20.4 Å². The zero-order chi connectivity index (χ0) is 20.1. The quantitative estimate of drug-likeness (QED) is 0.434. The molecule has 1 amide bonds. The Hall–Kier alpha value is -3.66. The molecule has 0 atom stereocenters. The van der Waals surface area contributed by atoms with Gasteiger partial charge in [-0.05, 0) is 19.1 Å². The maximum absolute atomic E-state index is 12.6. The molecule has 10 nitrogen and oxygen atoms in total. The van der Waals surface area contributed by atoms with Gasteiger partial charge in [-0.25, -0.2) is 14.8 Å². The van der Waals surface area contributed by atoms with Gasteiger partial charge in [0.2, 0.25) is 5.88 Å². The first-order chi connectivity index (χ1) is 13.6. The van der Waals surface area contributed by atoms with Gasteiger partial charge in [-0.15, -0.1) is 0 Å². The second kappa shape index (κ2) is 8.35. The van der Waals surface area contributed by atoms with Crippen molar-refractivity contribution in [2.24, 2.45) is 5.16 Å². The van der Waals surface area contributed by atoms with E-state index in [0.29, 0.717) is 27.9 Å². The highest BCUT2D eigenvalue weighted by atomic mass is 16.6. The minimum Gasteiger partial charge on any atom is -0.436 e. The van der Waals surface area contributed by atoms with Gasteiger partial charge in [-0.2, -0.15) is 0 Å². The van der Waals surface area contributed by atoms with Gasteiger partial charge in [-0.1, -0.05) is 17.3 Å². The number of nitrogens with zero attached hydrogens (tertiary/aromatic N) is 4. The van der Waals surface area contributed by atoms with Crippen LogP contribution < -0.4 is 15.8 Å². The van der Waals surface area contributed by atoms with Crippen molar-refractivity contribution in [2.75, 3.05) is 26.0 Å². The summed E-state index contributed by atoms with van der Waals surface area (Å²) in [7, 11) is 1.40. The van der Waals surface area contributed by atoms with Gasteiger partial charge in [-0.3, -0.25) is 4.57 Å². The van der Waals surface area contributed by atoms with Gasteiger partial charge < -0.3 is 25.7 Å². The smallest absolute Gasteiger partial charge is 0.326 e. The second-order valence-corrected chi connectivity index (χ2v) is 5.72. The van der Waals surface area contributed by atoms with E-state index in [1.165, 1.54) is 24.2 Å². The lowest BCUT2D eigenvalue weighted by Crippen LogP contribution is -2.31. The number of anilines is 1. The van der Waals surface area contributed by atoms with E-state index in [1.807, 2.05) is 18.2 Å². The second-order valence-electron chi connectivity index (χ2n) is 5.72. The highest BCUT2D eigenvalue weighted by Crippen LogP contribution is 2.36. The molecule has 0 aliphatic heterocycles. The zero-order valence-electron chi connectivity index (χ0n) is 15.4. The van der Waals surface area contributed by atoms with E-state index >= 15 is 0 Å². The Morgan fingerprint density at radius 2 is 2.18 bits per heavy atom. The van der Waals surface area contributed by atoms with Crippen LogP contribution >= 0.6 is 0 Å². The average Bonchev–Trinajstić information content (AvgIpc) is 2.97. The van der Waals surface area contributed by atoms with Crippen molar-refractivity contribution in [3.63, 3.8) is 0 Å². The van der Waals surface area contributed by atoms with Crippen molar-refractivity contribution < 1.29 is 19.5 Å². The van der Waals surface area contributed by atoms with Crippen LogP contribution in [0.15, 0.2) is 35.7 Å². The number of carbonyl (C=O) groups is 1. The molecule has 0 saturated carbocycles. The van der Waals surface area contributed by atoms with Crippen LogP contribution in [0.5, 0.6) is 11.6 Å². The molecule has 0 aliphatic carbocycles. The number of benzene rings is 1. The third-order valence-electron chi connectivity index (χ3n) is 4.01. The fourth-order valence-electron chi connectivity index (χ4n) is 2.77.